The molecule has 3 nitrogen and oxygen atoms in total. The second-order valence-corrected chi connectivity index (χ2v) is 4.88. The van der Waals surface area contributed by atoms with Gasteiger partial charge in [-0.2, -0.15) is 0 Å². The molecule has 3 heteroatoms. The fourth-order valence-electron chi connectivity index (χ4n) is 1.97. The molecule has 0 unspecified atom stereocenters. The van der Waals surface area contributed by atoms with Gasteiger partial charge in [0, 0.05) is 30.9 Å². The standard InChI is InChI=1S/C13H21N3/c1-10(2)16(9-11-5-6-11)13-12(8-14)4-3-7-15-13/h3-4,7,10-11H,5-6,8-9,14H2,1-2H3. The predicted octanol–water partition coefficient (Wildman–Crippen LogP) is 2.17. The summed E-state index contributed by atoms with van der Waals surface area (Å²) in [5.41, 5.74) is 6.92. The van der Waals surface area contributed by atoms with Gasteiger partial charge in [0.25, 0.3) is 0 Å². The molecule has 1 aromatic rings. The van der Waals surface area contributed by atoms with Crippen LogP contribution in [-0.2, 0) is 6.54 Å². The van der Waals surface area contributed by atoms with Crippen LogP contribution in [0.3, 0.4) is 0 Å². The highest BCUT2D eigenvalue weighted by Crippen LogP contribution is 2.32. The van der Waals surface area contributed by atoms with Gasteiger partial charge in [0.1, 0.15) is 5.82 Å². The van der Waals surface area contributed by atoms with Crippen LogP contribution in [0.4, 0.5) is 5.82 Å². The second-order valence-electron chi connectivity index (χ2n) is 4.88. The SMILES string of the molecule is CC(C)N(CC1CC1)c1ncccc1CN. The lowest BCUT2D eigenvalue weighted by molar-refractivity contribution is 0.633. The summed E-state index contributed by atoms with van der Waals surface area (Å²) >= 11 is 0. The van der Waals surface area contributed by atoms with Crippen LogP contribution in [0.15, 0.2) is 18.3 Å². The van der Waals surface area contributed by atoms with Crippen LogP contribution in [0.2, 0.25) is 0 Å². The third kappa shape index (κ3) is 2.53. The predicted molar refractivity (Wildman–Crippen MR) is 67.3 cm³/mol. The highest BCUT2D eigenvalue weighted by atomic mass is 15.2. The van der Waals surface area contributed by atoms with Crippen LogP contribution in [0.1, 0.15) is 32.3 Å². The molecule has 2 N–H and O–H groups in total. The maximum Gasteiger partial charge on any atom is 0.133 e. The minimum absolute atomic E-state index is 0.487. The van der Waals surface area contributed by atoms with Crippen LogP contribution in [0.25, 0.3) is 0 Å². The summed E-state index contributed by atoms with van der Waals surface area (Å²) in [7, 11) is 0. The third-order valence-corrected chi connectivity index (χ3v) is 3.13. The van der Waals surface area contributed by atoms with E-state index in [1.54, 1.807) is 0 Å². The highest BCUT2D eigenvalue weighted by molar-refractivity contribution is 5.47. The van der Waals surface area contributed by atoms with Crippen molar-refractivity contribution in [3.05, 3.63) is 23.9 Å². The van der Waals surface area contributed by atoms with Crippen molar-refractivity contribution < 1.29 is 0 Å². The van der Waals surface area contributed by atoms with Gasteiger partial charge in [0.15, 0.2) is 0 Å². The number of hydrogen-bond acceptors (Lipinski definition) is 3. The molecule has 1 aliphatic rings. The lowest BCUT2D eigenvalue weighted by atomic mass is 10.2. The van der Waals surface area contributed by atoms with E-state index in [0.29, 0.717) is 12.6 Å². The fraction of sp³-hybridized carbons (Fsp3) is 0.615. The lowest BCUT2D eigenvalue weighted by Crippen LogP contribution is -2.34. The van der Waals surface area contributed by atoms with E-state index in [1.807, 2.05) is 12.3 Å². The number of nitrogens with zero attached hydrogens (tertiary/aromatic N) is 2. The van der Waals surface area contributed by atoms with Gasteiger partial charge in [0.05, 0.1) is 0 Å². The van der Waals surface area contributed by atoms with Gasteiger partial charge in [-0.15, -0.1) is 0 Å². The number of pyridine rings is 1. The summed E-state index contributed by atoms with van der Waals surface area (Å²) in [5.74, 6) is 1.95. The van der Waals surface area contributed by atoms with Crippen molar-refractivity contribution in [2.45, 2.75) is 39.3 Å². The van der Waals surface area contributed by atoms with Crippen LogP contribution in [0, 0.1) is 5.92 Å². The van der Waals surface area contributed by atoms with Gasteiger partial charge in [-0.1, -0.05) is 6.07 Å². The molecular weight excluding hydrogens is 198 g/mol. The zero-order chi connectivity index (χ0) is 11.5. The van der Waals surface area contributed by atoms with Crippen LogP contribution >= 0.6 is 0 Å². The van der Waals surface area contributed by atoms with Crippen molar-refractivity contribution in [1.29, 1.82) is 0 Å². The van der Waals surface area contributed by atoms with E-state index in [0.717, 1.165) is 23.8 Å². The van der Waals surface area contributed by atoms with E-state index in [2.05, 4.69) is 29.8 Å². The molecule has 0 saturated heterocycles. The Morgan fingerprint density at radius 1 is 1.50 bits per heavy atom. The second kappa shape index (κ2) is 4.83. The van der Waals surface area contributed by atoms with Gasteiger partial charge in [0.2, 0.25) is 0 Å². The summed E-state index contributed by atoms with van der Waals surface area (Å²) in [6.45, 7) is 6.13. The summed E-state index contributed by atoms with van der Waals surface area (Å²) < 4.78 is 0. The molecule has 0 spiro atoms. The molecule has 0 amide bonds. The largest absolute Gasteiger partial charge is 0.354 e. The molecule has 0 atom stereocenters. The number of anilines is 1. The topological polar surface area (TPSA) is 42.2 Å². The Hall–Kier alpha value is -1.09. The Labute approximate surface area is 97.7 Å². The van der Waals surface area contributed by atoms with Crippen molar-refractivity contribution in [2.75, 3.05) is 11.4 Å². The minimum atomic E-state index is 0.487. The maximum absolute atomic E-state index is 5.77. The molecule has 1 heterocycles. The van der Waals surface area contributed by atoms with E-state index in [4.69, 9.17) is 5.73 Å². The molecule has 0 aromatic carbocycles. The van der Waals surface area contributed by atoms with Gasteiger partial charge in [-0.3, -0.25) is 0 Å². The number of nitrogens with two attached hydrogens (primary N) is 1. The number of aromatic nitrogens is 1. The first-order valence-corrected chi connectivity index (χ1v) is 6.13. The zero-order valence-corrected chi connectivity index (χ0v) is 10.2. The smallest absolute Gasteiger partial charge is 0.133 e. The van der Waals surface area contributed by atoms with Gasteiger partial charge < -0.3 is 10.6 Å². The average molecular weight is 219 g/mol. The van der Waals surface area contributed by atoms with Crippen molar-refractivity contribution >= 4 is 5.82 Å². The minimum Gasteiger partial charge on any atom is -0.354 e. The first-order valence-electron chi connectivity index (χ1n) is 6.13. The highest BCUT2D eigenvalue weighted by Gasteiger charge is 2.26. The van der Waals surface area contributed by atoms with Crippen molar-refractivity contribution in [2.24, 2.45) is 11.7 Å². The van der Waals surface area contributed by atoms with Crippen molar-refractivity contribution in [1.82, 2.24) is 4.98 Å². The lowest BCUT2D eigenvalue weighted by Gasteiger charge is -2.29. The Morgan fingerprint density at radius 2 is 2.25 bits per heavy atom. The number of rotatable bonds is 5. The first kappa shape index (κ1) is 11.4. The van der Waals surface area contributed by atoms with Crippen LogP contribution < -0.4 is 10.6 Å². The van der Waals surface area contributed by atoms with Crippen LogP contribution in [-0.4, -0.2) is 17.6 Å². The first-order chi connectivity index (χ1) is 7.72. The monoisotopic (exact) mass is 219 g/mol. The molecule has 88 valence electrons. The maximum atomic E-state index is 5.77. The molecule has 1 fully saturated rings. The molecule has 1 saturated carbocycles. The Bertz CT molecular complexity index is 345. The molecule has 1 aliphatic carbocycles. The normalized spacial score (nSPS) is 15.5. The molecule has 16 heavy (non-hydrogen) atoms. The van der Waals surface area contributed by atoms with Crippen molar-refractivity contribution in [3.63, 3.8) is 0 Å². The Balaban J connectivity index is 2.22. The third-order valence-electron chi connectivity index (χ3n) is 3.13. The van der Waals surface area contributed by atoms with Crippen LogP contribution in [0.5, 0.6) is 0 Å². The molecule has 2 rings (SSSR count). The van der Waals surface area contributed by atoms with E-state index in [9.17, 15) is 0 Å². The Kier molecular flexibility index (Phi) is 3.44. The summed E-state index contributed by atoms with van der Waals surface area (Å²) in [6.07, 6.45) is 4.60. The van der Waals surface area contributed by atoms with E-state index in [1.165, 1.54) is 12.8 Å². The van der Waals surface area contributed by atoms with E-state index < -0.39 is 0 Å². The molecule has 1 aromatic heterocycles. The molecule has 0 bridgehead atoms. The summed E-state index contributed by atoms with van der Waals surface area (Å²) in [6, 6.07) is 4.52. The van der Waals surface area contributed by atoms with Gasteiger partial charge in [-0.25, -0.2) is 4.98 Å². The average Bonchev–Trinajstić information content (AvgIpc) is 3.09. The van der Waals surface area contributed by atoms with Gasteiger partial charge in [-0.05, 0) is 38.7 Å². The van der Waals surface area contributed by atoms with E-state index in [-0.39, 0.29) is 0 Å². The van der Waals surface area contributed by atoms with Gasteiger partial charge >= 0.3 is 0 Å². The fourth-order valence-corrected chi connectivity index (χ4v) is 1.97. The zero-order valence-electron chi connectivity index (χ0n) is 10.2. The molecule has 0 radical (unpaired) electrons. The number of hydrogen-bond donors (Lipinski definition) is 1. The molecule has 0 aliphatic heterocycles. The molecular formula is C13H21N3. The van der Waals surface area contributed by atoms with E-state index >= 15 is 0 Å². The summed E-state index contributed by atoms with van der Waals surface area (Å²) in [4.78, 5) is 6.89. The quantitative estimate of drug-likeness (QED) is 0.825. The Morgan fingerprint density at radius 3 is 2.81 bits per heavy atom. The van der Waals surface area contributed by atoms with Crippen molar-refractivity contribution in [3.8, 4) is 0 Å². The summed E-state index contributed by atoms with van der Waals surface area (Å²) in [5, 5.41) is 0.